The third kappa shape index (κ3) is 3.44. The van der Waals surface area contributed by atoms with Crippen LogP contribution in [0, 0.1) is 12.8 Å². The molecule has 2 unspecified atom stereocenters. The molecule has 1 rings (SSSR count). The maximum atomic E-state index is 11.1. The molecule has 2 N–H and O–H groups in total. The molecule has 0 aliphatic heterocycles. The maximum absolute atomic E-state index is 11.1. The van der Waals surface area contributed by atoms with Gasteiger partial charge in [0.05, 0.1) is 5.69 Å². The van der Waals surface area contributed by atoms with Crippen LogP contribution in [0.2, 0.25) is 0 Å². The molecule has 0 fully saturated rings. The summed E-state index contributed by atoms with van der Waals surface area (Å²) in [4.78, 5) is 15.1. The van der Waals surface area contributed by atoms with Gasteiger partial charge in [0.25, 0.3) is 0 Å². The molecule has 0 bridgehead atoms. The fourth-order valence-electron chi connectivity index (χ4n) is 1.59. The van der Waals surface area contributed by atoms with Crippen LogP contribution in [0.1, 0.15) is 43.2 Å². The number of aromatic nitrogens is 1. The lowest BCUT2D eigenvalue weighted by Gasteiger charge is -2.22. The number of carbonyl (C=O) groups is 1. The molecule has 17 heavy (non-hydrogen) atoms. The van der Waals surface area contributed by atoms with Crippen molar-refractivity contribution in [3.63, 3.8) is 0 Å². The molecule has 0 saturated heterocycles. The zero-order valence-corrected chi connectivity index (χ0v) is 10.8. The molecule has 4 heteroatoms. The lowest BCUT2D eigenvalue weighted by atomic mass is 10.0. The molecule has 1 aromatic heterocycles. The quantitative estimate of drug-likeness (QED) is 0.825. The minimum absolute atomic E-state index is 0.228. The van der Waals surface area contributed by atoms with Gasteiger partial charge in [-0.3, -0.25) is 4.98 Å². The summed E-state index contributed by atoms with van der Waals surface area (Å²) in [6.45, 7) is 8.19. The van der Waals surface area contributed by atoms with E-state index in [0.29, 0.717) is 11.6 Å². The van der Waals surface area contributed by atoms with Crippen LogP contribution in [-0.4, -0.2) is 22.1 Å². The van der Waals surface area contributed by atoms with E-state index in [-0.39, 0.29) is 11.6 Å². The number of nitrogens with one attached hydrogen (secondary N) is 1. The Hall–Kier alpha value is -1.58. The molecular weight excluding hydrogens is 216 g/mol. The van der Waals surface area contributed by atoms with Crippen LogP contribution in [0.5, 0.6) is 0 Å². The fourth-order valence-corrected chi connectivity index (χ4v) is 1.59. The third-order valence-corrected chi connectivity index (χ3v) is 3.15. The largest absolute Gasteiger partial charge is 0.478 e. The first-order valence-electron chi connectivity index (χ1n) is 5.92. The minimum Gasteiger partial charge on any atom is -0.478 e. The van der Waals surface area contributed by atoms with Gasteiger partial charge in [-0.15, -0.1) is 0 Å². The van der Waals surface area contributed by atoms with Gasteiger partial charge in [-0.25, -0.2) is 4.79 Å². The molecule has 0 aromatic carbocycles. The van der Waals surface area contributed by atoms with Crippen molar-refractivity contribution in [2.75, 3.05) is 5.32 Å². The summed E-state index contributed by atoms with van der Waals surface area (Å²) in [5, 5.41) is 12.3. The van der Waals surface area contributed by atoms with E-state index in [0.717, 1.165) is 12.1 Å². The average Bonchev–Trinajstić information content (AvgIpc) is 2.27. The van der Waals surface area contributed by atoms with Crippen molar-refractivity contribution in [1.82, 2.24) is 4.98 Å². The Morgan fingerprint density at radius 1 is 1.53 bits per heavy atom. The number of aryl methyl sites for hydroxylation is 1. The Morgan fingerprint density at radius 2 is 2.18 bits per heavy atom. The summed E-state index contributed by atoms with van der Waals surface area (Å²) in [5.74, 6) is -0.457. The highest BCUT2D eigenvalue weighted by Crippen LogP contribution is 2.19. The molecule has 0 saturated carbocycles. The molecule has 2 atom stereocenters. The second-order valence-corrected chi connectivity index (χ2v) is 4.49. The number of pyridine rings is 1. The predicted molar refractivity (Wildman–Crippen MR) is 68.5 cm³/mol. The van der Waals surface area contributed by atoms with E-state index in [9.17, 15) is 4.79 Å². The standard InChI is InChI=1S/C13H20N2O2/c1-5-8(2)10(4)15-12-6-9(3)14-7-11(12)13(16)17/h6-8,10H,5H2,1-4H3,(H,14,15)(H,16,17). The van der Waals surface area contributed by atoms with Gasteiger partial charge in [0.1, 0.15) is 5.56 Å². The molecule has 0 aliphatic rings. The smallest absolute Gasteiger partial charge is 0.339 e. The first-order chi connectivity index (χ1) is 7.95. The zero-order chi connectivity index (χ0) is 13.0. The van der Waals surface area contributed by atoms with Crippen molar-refractivity contribution in [3.05, 3.63) is 23.5 Å². The van der Waals surface area contributed by atoms with Crippen LogP contribution in [-0.2, 0) is 0 Å². The van der Waals surface area contributed by atoms with Crippen LogP contribution in [0.3, 0.4) is 0 Å². The van der Waals surface area contributed by atoms with Crippen LogP contribution in [0.4, 0.5) is 5.69 Å². The minimum atomic E-state index is -0.948. The number of aromatic carboxylic acids is 1. The van der Waals surface area contributed by atoms with E-state index in [1.54, 1.807) is 6.07 Å². The highest BCUT2D eigenvalue weighted by Gasteiger charge is 2.15. The van der Waals surface area contributed by atoms with Gasteiger partial charge in [-0.1, -0.05) is 20.3 Å². The number of anilines is 1. The van der Waals surface area contributed by atoms with E-state index in [2.05, 4.69) is 31.1 Å². The summed E-state index contributed by atoms with van der Waals surface area (Å²) in [6.07, 6.45) is 2.46. The van der Waals surface area contributed by atoms with Gasteiger partial charge in [0.15, 0.2) is 0 Å². The summed E-state index contributed by atoms with van der Waals surface area (Å²) >= 11 is 0. The first kappa shape index (κ1) is 13.5. The number of carboxylic acid groups (broad SMARTS) is 1. The van der Waals surface area contributed by atoms with Crippen molar-refractivity contribution < 1.29 is 9.90 Å². The number of hydrogen-bond acceptors (Lipinski definition) is 3. The maximum Gasteiger partial charge on any atom is 0.339 e. The van der Waals surface area contributed by atoms with Crippen molar-refractivity contribution in [3.8, 4) is 0 Å². The fraction of sp³-hybridized carbons (Fsp3) is 0.538. The van der Waals surface area contributed by atoms with Crippen molar-refractivity contribution in [2.45, 2.75) is 40.2 Å². The highest BCUT2D eigenvalue weighted by molar-refractivity contribution is 5.93. The van der Waals surface area contributed by atoms with E-state index in [1.807, 2.05) is 6.92 Å². The van der Waals surface area contributed by atoms with Crippen molar-refractivity contribution >= 4 is 11.7 Å². The SMILES string of the molecule is CCC(C)C(C)Nc1cc(C)ncc1C(=O)O. The van der Waals surface area contributed by atoms with Crippen molar-refractivity contribution in [2.24, 2.45) is 5.92 Å². The van der Waals surface area contributed by atoms with Gasteiger partial charge in [-0.05, 0) is 25.8 Å². The van der Waals surface area contributed by atoms with Gasteiger partial charge in [0, 0.05) is 17.9 Å². The van der Waals surface area contributed by atoms with Crippen LogP contribution in [0.15, 0.2) is 12.3 Å². The van der Waals surface area contributed by atoms with Gasteiger partial charge in [-0.2, -0.15) is 0 Å². The van der Waals surface area contributed by atoms with Crippen LogP contribution >= 0.6 is 0 Å². The molecule has 0 spiro atoms. The second kappa shape index (κ2) is 5.66. The van der Waals surface area contributed by atoms with Crippen LogP contribution in [0.25, 0.3) is 0 Å². The van der Waals surface area contributed by atoms with Crippen molar-refractivity contribution in [1.29, 1.82) is 0 Å². The number of hydrogen-bond donors (Lipinski definition) is 2. The molecule has 1 aromatic rings. The molecule has 0 amide bonds. The monoisotopic (exact) mass is 236 g/mol. The topological polar surface area (TPSA) is 62.2 Å². The second-order valence-electron chi connectivity index (χ2n) is 4.49. The molecule has 4 nitrogen and oxygen atoms in total. The summed E-state index contributed by atoms with van der Waals surface area (Å²) in [5.41, 5.74) is 1.69. The lowest BCUT2D eigenvalue weighted by molar-refractivity contribution is 0.0697. The average molecular weight is 236 g/mol. The Balaban J connectivity index is 2.96. The van der Waals surface area contributed by atoms with E-state index < -0.39 is 5.97 Å². The highest BCUT2D eigenvalue weighted by atomic mass is 16.4. The summed E-state index contributed by atoms with van der Waals surface area (Å²) in [7, 11) is 0. The van der Waals surface area contributed by atoms with Crippen LogP contribution < -0.4 is 5.32 Å². The van der Waals surface area contributed by atoms with E-state index >= 15 is 0 Å². The normalized spacial score (nSPS) is 14.1. The first-order valence-corrected chi connectivity index (χ1v) is 5.92. The van der Waals surface area contributed by atoms with E-state index in [1.165, 1.54) is 6.20 Å². The van der Waals surface area contributed by atoms with E-state index in [4.69, 9.17) is 5.11 Å². The van der Waals surface area contributed by atoms with Gasteiger partial charge >= 0.3 is 5.97 Å². The third-order valence-electron chi connectivity index (χ3n) is 3.15. The molecule has 0 radical (unpaired) electrons. The summed E-state index contributed by atoms with van der Waals surface area (Å²) < 4.78 is 0. The molecule has 1 heterocycles. The predicted octanol–water partition coefficient (Wildman–Crippen LogP) is 2.93. The molecule has 0 aliphatic carbocycles. The van der Waals surface area contributed by atoms with Gasteiger partial charge < -0.3 is 10.4 Å². The summed E-state index contributed by atoms with van der Waals surface area (Å²) in [6, 6.07) is 2.02. The Morgan fingerprint density at radius 3 is 2.71 bits per heavy atom. The number of nitrogens with zero attached hydrogens (tertiary/aromatic N) is 1. The number of rotatable bonds is 5. The Labute approximate surface area is 102 Å². The number of carboxylic acids is 1. The zero-order valence-electron chi connectivity index (χ0n) is 10.8. The lowest BCUT2D eigenvalue weighted by Crippen LogP contribution is -2.24. The Bertz CT molecular complexity index is 404. The molecule has 94 valence electrons. The van der Waals surface area contributed by atoms with Gasteiger partial charge in [0.2, 0.25) is 0 Å². The Kier molecular flexibility index (Phi) is 4.49. The molecular formula is C13H20N2O2.